The molecule has 0 radical (unpaired) electrons. The summed E-state index contributed by atoms with van der Waals surface area (Å²) in [5.74, 6) is -0.676. The van der Waals surface area contributed by atoms with Gasteiger partial charge in [0.15, 0.2) is 0 Å². The number of urea groups is 1. The normalized spacial score (nSPS) is 17.4. The molecule has 1 atom stereocenters. The maximum absolute atomic E-state index is 12.1. The van der Waals surface area contributed by atoms with Crippen molar-refractivity contribution >= 4 is 17.9 Å². The van der Waals surface area contributed by atoms with Crippen LogP contribution in [0.2, 0.25) is 0 Å². The molecule has 0 aliphatic carbocycles. The zero-order chi connectivity index (χ0) is 15.3. The monoisotopic (exact) mass is 285 g/mol. The van der Waals surface area contributed by atoms with E-state index in [1.54, 1.807) is 4.90 Å². The molecule has 1 aliphatic rings. The number of nitrogens with one attached hydrogen (secondary N) is 1. The van der Waals surface area contributed by atoms with Gasteiger partial charge in [0.2, 0.25) is 5.91 Å². The fraction of sp³-hybridized carbons (Fsp3) is 0.769. The summed E-state index contributed by atoms with van der Waals surface area (Å²) in [6.45, 7) is 4.81. The Bertz CT molecular complexity index is 378. The Morgan fingerprint density at radius 3 is 2.35 bits per heavy atom. The summed E-state index contributed by atoms with van der Waals surface area (Å²) in [6.07, 6.45) is 1.64. The van der Waals surface area contributed by atoms with Crippen molar-refractivity contribution in [2.45, 2.75) is 32.7 Å². The molecule has 7 nitrogen and oxygen atoms in total. The lowest BCUT2D eigenvalue weighted by Gasteiger charge is -2.35. The molecule has 0 spiro atoms. The Balaban J connectivity index is 2.42. The third-order valence-electron chi connectivity index (χ3n) is 3.76. The average Bonchev–Trinajstić information content (AvgIpc) is 2.43. The zero-order valence-corrected chi connectivity index (χ0v) is 12.3. The lowest BCUT2D eigenvalue weighted by atomic mass is 9.97. The number of amides is 3. The van der Waals surface area contributed by atoms with Crippen molar-refractivity contribution in [3.63, 3.8) is 0 Å². The molecule has 0 aromatic heterocycles. The van der Waals surface area contributed by atoms with E-state index in [4.69, 9.17) is 5.11 Å². The Hall–Kier alpha value is -1.79. The van der Waals surface area contributed by atoms with E-state index in [2.05, 4.69) is 5.32 Å². The minimum Gasteiger partial charge on any atom is -0.480 e. The Labute approximate surface area is 118 Å². The molecule has 2 N–H and O–H groups in total. The molecule has 0 aromatic carbocycles. The van der Waals surface area contributed by atoms with Gasteiger partial charge in [0, 0.05) is 33.6 Å². The molecule has 20 heavy (non-hydrogen) atoms. The topological polar surface area (TPSA) is 90.0 Å². The van der Waals surface area contributed by atoms with Gasteiger partial charge in [0.1, 0.15) is 6.04 Å². The number of nitrogens with zero attached hydrogens (tertiary/aromatic N) is 2. The highest BCUT2D eigenvalue weighted by Crippen LogP contribution is 2.18. The standard InChI is InChI=1S/C13H23N3O4/c1-9(12(18)19)15(3)13(20)16-6-4-11(5-7-16)8-14-10(2)17/h9,11H,4-8H2,1-3H3,(H,14,17)(H,18,19). The van der Waals surface area contributed by atoms with Gasteiger partial charge in [-0.05, 0) is 25.7 Å². The van der Waals surface area contributed by atoms with E-state index in [9.17, 15) is 14.4 Å². The fourth-order valence-electron chi connectivity index (χ4n) is 2.17. The quantitative estimate of drug-likeness (QED) is 0.780. The van der Waals surface area contributed by atoms with E-state index in [1.165, 1.54) is 25.8 Å². The summed E-state index contributed by atoms with van der Waals surface area (Å²) in [7, 11) is 1.50. The van der Waals surface area contributed by atoms with Crippen molar-refractivity contribution < 1.29 is 19.5 Å². The van der Waals surface area contributed by atoms with Gasteiger partial charge in [-0.2, -0.15) is 0 Å². The van der Waals surface area contributed by atoms with Gasteiger partial charge in [-0.25, -0.2) is 9.59 Å². The first-order chi connectivity index (χ1) is 9.32. The second-order valence-electron chi connectivity index (χ2n) is 5.28. The maximum atomic E-state index is 12.1. The fourth-order valence-corrected chi connectivity index (χ4v) is 2.17. The number of carboxylic acid groups (broad SMARTS) is 1. The molecule has 1 saturated heterocycles. The summed E-state index contributed by atoms with van der Waals surface area (Å²) in [6, 6.07) is -1.09. The first-order valence-electron chi connectivity index (χ1n) is 6.82. The van der Waals surface area contributed by atoms with Gasteiger partial charge in [-0.3, -0.25) is 4.79 Å². The van der Waals surface area contributed by atoms with Crippen LogP contribution in [0.4, 0.5) is 4.79 Å². The lowest BCUT2D eigenvalue weighted by molar-refractivity contribution is -0.141. The Morgan fingerprint density at radius 2 is 1.90 bits per heavy atom. The molecule has 1 aliphatic heterocycles. The molecule has 1 unspecified atom stereocenters. The molecule has 1 fully saturated rings. The molecular weight excluding hydrogens is 262 g/mol. The maximum Gasteiger partial charge on any atom is 0.326 e. The van der Waals surface area contributed by atoms with Crippen molar-refractivity contribution in [3.8, 4) is 0 Å². The summed E-state index contributed by atoms with van der Waals surface area (Å²) in [5.41, 5.74) is 0. The summed E-state index contributed by atoms with van der Waals surface area (Å²) < 4.78 is 0. The number of piperidine rings is 1. The molecule has 7 heteroatoms. The second kappa shape index (κ2) is 7.12. The number of carbonyl (C=O) groups is 3. The highest BCUT2D eigenvalue weighted by molar-refractivity contribution is 5.82. The van der Waals surface area contributed by atoms with Crippen LogP contribution in [-0.2, 0) is 9.59 Å². The Kier molecular flexibility index (Phi) is 5.79. The van der Waals surface area contributed by atoms with Crippen LogP contribution in [0, 0.1) is 5.92 Å². The number of carboxylic acids is 1. The third-order valence-corrected chi connectivity index (χ3v) is 3.76. The molecule has 0 aromatic rings. The number of carbonyl (C=O) groups excluding carboxylic acids is 2. The molecule has 114 valence electrons. The van der Waals surface area contributed by atoms with Crippen LogP contribution in [0.3, 0.4) is 0 Å². The average molecular weight is 285 g/mol. The second-order valence-corrected chi connectivity index (χ2v) is 5.28. The molecule has 1 rings (SSSR count). The summed E-state index contributed by atoms with van der Waals surface area (Å²) >= 11 is 0. The largest absolute Gasteiger partial charge is 0.480 e. The lowest BCUT2D eigenvalue weighted by Crippen LogP contribution is -2.50. The molecule has 0 bridgehead atoms. The van der Waals surface area contributed by atoms with Crippen LogP contribution in [0.5, 0.6) is 0 Å². The summed E-state index contributed by atoms with van der Waals surface area (Å²) in [5, 5.41) is 11.7. The highest BCUT2D eigenvalue weighted by atomic mass is 16.4. The number of likely N-dealkylation sites (N-methyl/N-ethyl adjacent to an activating group) is 1. The third kappa shape index (κ3) is 4.40. The SMILES string of the molecule is CC(=O)NCC1CCN(C(=O)N(C)C(C)C(=O)O)CC1. The van der Waals surface area contributed by atoms with E-state index >= 15 is 0 Å². The Morgan fingerprint density at radius 1 is 1.35 bits per heavy atom. The van der Waals surface area contributed by atoms with Gasteiger partial charge < -0.3 is 20.2 Å². The molecule has 3 amide bonds. The highest BCUT2D eigenvalue weighted by Gasteiger charge is 2.29. The van der Waals surface area contributed by atoms with Crippen molar-refractivity contribution in [2.24, 2.45) is 5.92 Å². The number of aliphatic carboxylic acids is 1. The van der Waals surface area contributed by atoms with Crippen LogP contribution in [-0.4, -0.2) is 65.5 Å². The number of likely N-dealkylation sites (tertiary alicyclic amines) is 1. The minimum atomic E-state index is -1.01. The van der Waals surface area contributed by atoms with Crippen LogP contribution in [0.15, 0.2) is 0 Å². The summed E-state index contributed by atoms with van der Waals surface area (Å²) in [4.78, 5) is 36.8. The van der Waals surface area contributed by atoms with Gasteiger partial charge in [0.05, 0.1) is 0 Å². The van der Waals surface area contributed by atoms with Crippen molar-refractivity contribution in [1.29, 1.82) is 0 Å². The predicted molar refractivity (Wildman–Crippen MR) is 73.2 cm³/mol. The van der Waals surface area contributed by atoms with Crippen molar-refractivity contribution in [1.82, 2.24) is 15.1 Å². The molecular formula is C13H23N3O4. The first kappa shape index (κ1) is 16.3. The van der Waals surface area contributed by atoms with Crippen LogP contribution in [0.25, 0.3) is 0 Å². The van der Waals surface area contributed by atoms with E-state index < -0.39 is 12.0 Å². The van der Waals surface area contributed by atoms with E-state index in [0.717, 1.165) is 12.8 Å². The van der Waals surface area contributed by atoms with Gasteiger partial charge in [-0.15, -0.1) is 0 Å². The molecule has 1 heterocycles. The smallest absolute Gasteiger partial charge is 0.326 e. The van der Waals surface area contributed by atoms with Crippen LogP contribution >= 0.6 is 0 Å². The van der Waals surface area contributed by atoms with E-state index in [1.807, 2.05) is 0 Å². The van der Waals surface area contributed by atoms with Gasteiger partial charge >= 0.3 is 12.0 Å². The minimum absolute atomic E-state index is 0.0430. The number of hydrogen-bond donors (Lipinski definition) is 2. The predicted octanol–water partition coefficient (Wildman–Crippen LogP) is 0.359. The zero-order valence-electron chi connectivity index (χ0n) is 12.3. The van der Waals surface area contributed by atoms with Gasteiger partial charge in [-0.1, -0.05) is 0 Å². The first-order valence-corrected chi connectivity index (χ1v) is 6.82. The van der Waals surface area contributed by atoms with Crippen molar-refractivity contribution in [3.05, 3.63) is 0 Å². The van der Waals surface area contributed by atoms with E-state index in [0.29, 0.717) is 25.6 Å². The van der Waals surface area contributed by atoms with Crippen LogP contribution in [0.1, 0.15) is 26.7 Å². The van der Waals surface area contributed by atoms with Gasteiger partial charge in [0.25, 0.3) is 0 Å². The van der Waals surface area contributed by atoms with Crippen LogP contribution < -0.4 is 5.32 Å². The number of rotatable bonds is 4. The number of hydrogen-bond acceptors (Lipinski definition) is 3. The van der Waals surface area contributed by atoms with Crippen molar-refractivity contribution in [2.75, 3.05) is 26.7 Å². The molecule has 0 saturated carbocycles. The van der Waals surface area contributed by atoms with E-state index in [-0.39, 0.29) is 11.9 Å².